The molecule has 1 aromatic heterocycles. The molecule has 2 N–H and O–H groups in total. The highest BCUT2D eigenvalue weighted by Gasteiger charge is 2.15. The third kappa shape index (κ3) is 5.60. The van der Waals surface area contributed by atoms with Crippen molar-refractivity contribution in [3.63, 3.8) is 0 Å². The van der Waals surface area contributed by atoms with Gasteiger partial charge >= 0.3 is 11.9 Å². The average Bonchev–Trinajstić information content (AvgIpc) is 2.83. The van der Waals surface area contributed by atoms with E-state index in [9.17, 15) is 9.59 Å². The summed E-state index contributed by atoms with van der Waals surface area (Å²) in [6.07, 6.45) is 4.65. The Hall–Kier alpha value is -1.57. The molecule has 0 amide bonds. The molecule has 7 nitrogen and oxygen atoms in total. The number of aromatic nitrogens is 2. The summed E-state index contributed by atoms with van der Waals surface area (Å²) in [5.41, 5.74) is 6.15. The van der Waals surface area contributed by atoms with Crippen LogP contribution < -0.4 is 5.73 Å². The van der Waals surface area contributed by atoms with E-state index in [0.29, 0.717) is 13.0 Å². The number of ether oxygens (including phenoxy) is 2. The Kier molecular flexibility index (Phi) is 10.6. The molecule has 9 heteroatoms. The minimum atomic E-state index is -0.655. The van der Waals surface area contributed by atoms with Crippen LogP contribution in [0, 0.1) is 0 Å². The number of halogens is 2. The van der Waals surface area contributed by atoms with Crippen molar-refractivity contribution in [2.24, 2.45) is 5.73 Å². The first kappa shape index (κ1) is 20.7. The lowest BCUT2D eigenvalue weighted by molar-refractivity contribution is -0.137. The van der Waals surface area contributed by atoms with Gasteiger partial charge in [0.15, 0.2) is 0 Å². The summed E-state index contributed by atoms with van der Waals surface area (Å²) < 4.78 is 10.5. The van der Waals surface area contributed by atoms with Crippen LogP contribution in [0.5, 0.6) is 0 Å². The highest BCUT2D eigenvalue weighted by molar-refractivity contribution is 6.14. The number of carbonyl (C=O) groups excluding carboxylic acids is 2. The molecule has 0 spiro atoms. The highest BCUT2D eigenvalue weighted by atomic mass is 35.5. The Morgan fingerprint density at radius 1 is 1.35 bits per heavy atom. The maximum absolute atomic E-state index is 11.6. The Balaban J connectivity index is 0. The number of nitrogens with zero attached hydrogens (tertiary/aromatic N) is 2. The normalized spacial score (nSPS) is 10.1. The fourth-order valence-corrected chi connectivity index (χ4v) is 1.29. The van der Waals surface area contributed by atoms with E-state index in [4.69, 9.17) is 5.73 Å². The zero-order valence-electron chi connectivity index (χ0n) is 11.1. The number of imidazole rings is 1. The molecular formula is C11H17Cl2N3O4. The van der Waals surface area contributed by atoms with Crippen molar-refractivity contribution in [2.75, 3.05) is 20.8 Å². The van der Waals surface area contributed by atoms with Crippen molar-refractivity contribution in [3.05, 3.63) is 24.3 Å². The topological polar surface area (TPSA) is 96.4 Å². The average molecular weight is 326 g/mol. The van der Waals surface area contributed by atoms with Crippen molar-refractivity contribution in [3.8, 4) is 0 Å². The third-order valence-electron chi connectivity index (χ3n) is 2.17. The van der Waals surface area contributed by atoms with Gasteiger partial charge in [-0.1, -0.05) is 0 Å². The molecule has 0 aliphatic rings. The maximum atomic E-state index is 11.6. The molecule has 0 aliphatic heterocycles. The smallest absolute Gasteiger partial charge is 0.355 e. The van der Waals surface area contributed by atoms with E-state index in [0.717, 1.165) is 11.8 Å². The highest BCUT2D eigenvalue weighted by Crippen LogP contribution is 2.09. The van der Waals surface area contributed by atoms with Crippen LogP contribution in [-0.4, -0.2) is 42.3 Å². The monoisotopic (exact) mass is 325 g/mol. The van der Waals surface area contributed by atoms with Crippen LogP contribution in [0.25, 0.3) is 5.70 Å². The zero-order valence-corrected chi connectivity index (χ0v) is 12.7. The van der Waals surface area contributed by atoms with E-state index < -0.39 is 11.9 Å². The molecule has 0 unspecified atom stereocenters. The van der Waals surface area contributed by atoms with E-state index >= 15 is 0 Å². The second-order valence-electron chi connectivity index (χ2n) is 3.36. The molecule has 114 valence electrons. The van der Waals surface area contributed by atoms with Crippen LogP contribution in [0.15, 0.2) is 18.6 Å². The van der Waals surface area contributed by atoms with Crippen LogP contribution >= 0.6 is 24.8 Å². The van der Waals surface area contributed by atoms with Gasteiger partial charge in [0.2, 0.25) is 0 Å². The van der Waals surface area contributed by atoms with Gasteiger partial charge in [-0.3, -0.25) is 4.57 Å². The SMILES string of the molecule is COC(=O)/C=C(/C(=O)OC)n1cnc(CCN)c1.Cl.Cl. The van der Waals surface area contributed by atoms with Gasteiger partial charge in [-0.05, 0) is 6.54 Å². The Morgan fingerprint density at radius 2 is 2.00 bits per heavy atom. The summed E-state index contributed by atoms with van der Waals surface area (Å²) in [6.45, 7) is 0.450. The van der Waals surface area contributed by atoms with Gasteiger partial charge in [0.05, 0.1) is 32.3 Å². The number of esters is 2. The molecule has 0 radical (unpaired) electrons. The second kappa shape index (κ2) is 10.2. The predicted molar refractivity (Wildman–Crippen MR) is 77.8 cm³/mol. The van der Waals surface area contributed by atoms with Crippen LogP contribution in [0.2, 0.25) is 0 Å². The minimum absolute atomic E-state index is 0. The summed E-state index contributed by atoms with van der Waals surface area (Å²) >= 11 is 0. The largest absolute Gasteiger partial charge is 0.466 e. The molecule has 1 heterocycles. The van der Waals surface area contributed by atoms with Crippen molar-refractivity contribution in [1.82, 2.24) is 9.55 Å². The Bertz CT molecular complexity index is 474. The van der Waals surface area contributed by atoms with Gasteiger partial charge in [-0.25, -0.2) is 14.6 Å². The van der Waals surface area contributed by atoms with E-state index in [1.54, 1.807) is 6.20 Å². The molecule has 0 atom stereocenters. The molecule has 0 saturated carbocycles. The maximum Gasteiger partial charge on any atom is 0.355 e. The van der Waals surface area contributed by atoms with E-state index in [1.807, 2.05) is 0 Å². The number of hydrogen-bond donors (Lipinski definition) is 1. The van der Waals surface area contributed by atoms with E-state index in [1.165, 1.54) is 25.1 Å². The quantitative estimate of drug-likeness (QED) is 0.622. The Labute approximate surface area is 128 Å². The van der Waals surface area contributed by atoms with Gasteiger partial charge in [0.1, 0.15) is 5.70 Å². The molecule has 0 aromatic carbocycles. The lowest BCUT2D eigenvalue weighted by Crippen LogP contribution is -2.12. The van der Waals surface area contributed by atoms with Gasteiger partial charge in [0, 0.05) is 12.6 Å². The van der Waals surface area contributed by atoms with E-state index in [2.05, 4.69) is 14.5 Å². The molecule has 0 saturated heterocycles. The van der Waals surface area contributed by atoms with Crippen LogP contribution in [0.1, 0.15) is 5.69 Å². The molecule has 0 bridgehead atoms. The van der Waals surface area contributed by atoms with Gasteiger partial charge < -0.3 is 15.2 Å². The predicted octanol–water partition coefficient (Wildman–Crippen LogP) is 0.415. The van der Waals surface area contributed by atoms with Crippen LogP contribution in [0.4, 0.5) is 0 Å². The third-order valence-corrected chi connectivity index (χ3v) is 2.17. The van der Waals surface area contributed by atoms with Gasteiger partial charge in [-0.15, -0.1) is 24.8 Å². The van der Waals surface area contributed by atoms with Gasteiger partial charge in [0.25, 0.3) is 0 Å². The Morgan fingerprint density at radius 3 is 2.50 bits per heavy atom. The van der Waals surface area contributed by atoms with Crippen molar-refractivity contribution < 1.29 is 19.1 Å². The summed E-state index contributed by atoms with van der Waals surface area (Å²) in [5, 5.41) is 0. The molecule has 1 rings (SSSR count). The zero-order chi connectivity index (χ0) is 13.5. The summed E-state index contributed by atoms with van der Waals surface area (Å²) in [5.74, 6) is -1.30. The molecule has 0 fully saturated rings. The number of methoxy groups -OCH3 is 2. The van der Waals surface area contributed by atoms with Crippen LogP contribution in [-0.2, 0) is 25.5 Å². The number of carbonyl (C=O) groups is 2. The molecule has 0 aliphatic carbocycles. The second-order valence-corrected chi connectivity index (χ2v) is 3.36. The number of hydrogen-bond acceptors (Lipinski definition) is 6. The fourth-order valence-electron chi connectivity index (χ4n) is 1.29. The molecular weight excluding hydrogens is 309 g/mol. The van der Waals surface area contributed by atoms with Crippen molar-refractivity contribution in [2.45, 2.75) is 6.42 Å². The first-order chi connectivity index (χ1) is 8.62. The van der Waals surface area contributed by atoms with Gasteiger partial charge in [-0.2, -0.15) is 0 Å². The fraction of sp³-hybridized carbons (Fsp3) is 0.364. The summed E-state index contributed by atoms with van der Waals surface area (Å²) in [7, 11) is 2.45. The standard InChI is InChI=1S/C11H15N3O4.2ClH/c1-17-10(15)5-9(11(16)18-2)14-6-8(3-4-12)13-7-14;;/h5-7H,3-4,12H2,1-2H3;2*1H/b9-5-;;. The first-order valence-corrected chi connectivity index (χ1v) is 5.23. The van der Waals surface area contributed by atoms with Crippen molar-refractivity contribution in [1.29, 1.82) is 0 Å². The lowest BCUT2D eigenvalue weighted by Gasteiger charge is -2.05. The van der Waals surface area contributed by atoms with E-state index in [-0.39, 0.29) is 30.5 Å². The molecule has 20 heavy (non-hydrogen) atoms. The summed E-state index contributed by atoms with van der Waals surface area (Å²) in [6, 6.07) is 0. The molecule has 1 aromatic rings. The lowest BCUT2D eigenvalue weighted by atomic mass is 10.3. The van der Waals surface area contributed by atoms with Crippen LogP contribution in [0.3, 0.4) is 0 Å². The summed E-state index contributed by atoms with van der Waals surface area (Å²) in [4.78, 5) is 26.8. The first-order valence-electron chi connectivity index (χ1n) is 5.23. The number of nitrogens with two attached hydrogens (primary N) is 1. The van der Waals surface area contributed by atoms with Crippen molar-refractivity contribution >= 4 is 42.4 Å². The number of rotatable bonds is 5. The minimum Gasteiger partial charge on any atom is -0.466 e.